The number of non-ortho nitro benzene ring substituents is 1. The van der Waals surface area contributed by atoms with Crippen molar-refractivity contribution in [3.63, 3.8) is 0 Å². The molecule has 1 aliphatic rings. The first-order valence-corrected chi connectivity index (χ1v) is 6.74. The fourth-order valence-corrected chi connectivity index (χ4v) is 2.96. The average molecular weight is 293 g/mol. The molecule has 1 aliphatic heterocycles. The van der Waals surface area contributed by atoms with Crippen LogP contribution in [0.5, 0.6) is 0 Å². The molecule has 1 atom stereocenters. The fourth-order valence-electron chi connectivity index (χ4n) is 2.67. The maximum atomic E-state index is 10.8. The number of nitro benzene ring substituents is 1. The number of benzene rings is 1. The van der Waals surface area contributed by atoms with Crippen LogP contribution in [0.25, 0.3) is 0 Å². The van der Waals surface area contributed by atoms with Crippen molar-refractivity contribution in [3.05, 3.63) is 51.3 Å². The molecule has 104 valence electrons. The highest BCUT2D eigenvalue weighted by Crippen LogP contribution is 2.39. The van der Waals surface area contributed by atoms with Crippen LogP contribution in [0.1, 0.15) is 24.6 Å². The van der Waals surface area contributed by atoms with Crippen molar-refractivity contribution in [1.29, 1.82) is 0 Å². The number of H-pyrrole nitrogens is 1. The third-order valence-electron chi connectivity index (χ3n) is 3.59. The normalized spacial score (nSPS) is 18.4. The van der Waals surface area contributed by atoms with Crippen LogP contribution in [0.4, 0.5) is 11.4 Å². The maximum absolute atomic E-state index is 10.8. The van der Waals surface area contributed by atoms with Crippen molar-refractivity contribution >= 4 is 23.0 Å². The lowest BCUT2D eigenvalue weighted by molar-refractivity contribution is -0.384. The number of halogens is 1. The van der Waals surface area contributed by atoms with Crippen LogP contribution in [0.3, 0.4) is 0 Å². The van der Waals surface area contributed by atoms with Crippen LogP contribution in [-0.2, 0) is 0 Å². The Kier molecular flexibility index (Phi) is 3.31. The Balaban J connectivity index is 1.94. The largest absolute Gasteiger partial charge is 0.362 e. The molecule has 1 N–H and O–H groups in total. The summed E-state index contributed by atoms with van der Waals surface area (Å²) in [6, 6.07) is 6.75. The second kappa shape index (κ2) is 5.13. The molecule has 0 aliphatic carbocycles. The van der Waals surface area contributed by atoms with Gasteiger partial charge in [0.25, 0.3) is 5.69 Å². The minimum Gasteiger partial charge on any atom is -0.362 e. The number of nitrogens with one attached hydrogen (secondary N) is 1. The first-order chi connectivity index (χ1) is 9.66. The first-order valence-electron chi connectivity index (χ1n) is 6.36. The molecular weight excluding hydrogens is 280 g/mol. The van der Waals surface area contributed by atoms with Crippen LogP contribution in [-0.4, -0.2) is 21.7 Å². The smallest absolute Gasteiger partial charge is 0.271 e. The minimum absolute atomic E-state index is 0.0102. The molecule has 0 amide bonds. The quantitative estimate of drug-likeness (QED) is 0.695. The number of hydrogen-bond donors (Lipinski definition) is 1. The van der Waals surface area contributed by atoms with Gasteiger partial charge in [0, 0.05) is 24.9 Å². The van der Waals surface area contributed by atoms with Gasteiger partial charge in [-0.25, -0.2) is 0 Å². The molecular formula is C13H13ClN4O2. The van der Waals surface area contributed by atoms with Crippen molar-refractivity contribution < 1.29 is 4.92 Å². The zero-order valence-corrected chi connectivity index (χ0v) is 11.4. The third-order valence-corrected chi connectivity index (χ3v) is 3.89. The summed E-state index contributed by atoms with van der Waals surface area (Å²) in [5, 5.41) is 18.1. The lowest BCUT2D eigenvalue weighted by atomic mass is 10.1. The van der Waals surface area contributed by atoms with Gasteiger partial charge in [-0.3, -0.25) is 15.2 Å². The third kappa shape index (κ3) is 2.22. The Labute approximate surface area is 120 Å². The molecule has 0 spiro atoms. The van der Waals surface area contributed by atoms with Crippen molar-refractivity contribution in [1.82, 2.24) is 10.2 Å². The second-order valence-electron chi connectivity index (χ2n) is 4.76. The summed E-state index contributed by atoms with van der Waals surface area (Å²) in [4.78, 5) is 12.5. The highest BCUT2D eigenvalue weighted by Gasteiger charge is 2.29. The Morgan fingerprint density at radius 2 is 2.30 bits per heavy atom. The lowest BCUT2D eigenvalue weighted by Gasteiger charge is -2.26. The maximum Gasteiger partial charge on any atom is 0.271 e. The number of rotatable bonds is 3. The van der Waals surface area contributed by atoms with E-state index in [9.17, 15) is 10.1 Å². The van der Waals surface area contributed by atoms with Gasteiger partial charge in [0.2, 0.25) is 0 Å². The van der Waals surface area contributed by atoms with Crippen molar-refractivity contribution in [2.24, 2.45) is 0 Å². The predicted molar refractivity (Wildman–Crippen MR) is 76.0 cm³/mol. The zero-order valence-electron chi connectivity index (χ0n) is 10.6. The monoisotopic (exact) mass is 292 g/mol. The van der Waals surface area contributed by atoms with Crippen molar-refractivity contribution in [2.45, 2.75) is 18.9 Å². The topological polar surface area (TPSA) is 75.1 Å². The Morgan fingerprint density at radius 3 is 2.95 bits per heavy atom. The molecule has 1 aromatic carbocycles. The number of nitro groups is 1. The van der Waals surface area contributed by atoms with E-state index in [1.165, 1.54) is 12.1 Å². The molecule has 20 heavy (non-hydrogen) atoms. The molecule has 0 saturated carbocycles. The van der Waals surface area contributed by atoms with Gasteiger partial charge in [0.05, 0.1) is 27.4 Å². The van der Waals surface area contributed by atoms with E-state index in [4.69, 9.17) is 11.6 Å². The van der Waals surface area contributed by atoms with E-state index in [2.05, 4.69) is 15.1 Å². The summed E-state index contributed by atoms with van der Waals surface area (Å²) in [6.45, 7) is 0.876. The Morgan fingerprint density at radius 1 is 1.45 bits per heavy atom. The van der Waals surface area contributed by atoms with Crippen molar-refractivity contribution in [3.8, 4) is 0 Å². The summed E-state index contributed by atoms with van der Waals surface area (Å²) >= 11 is 6.21. The standard InChI is InChI=1S/C13H13ClN4O2/c14-10-8-9(18(19)20)3-4-12(10)17-7-1-2-13(17)11-5-6-15-16-11/h3-6,8,13H,1-2,7H2,(H,15,16). The molecule has 2 aromatic rings. The molecule has 3 rings (SSSR count). The van der Waals surface area contributed by atoms with Gasteiger partial charge < -0.3 is 4.90 Å². The predicted octanol–water partition coefficient (Wildman–Crippen LogP) is 3.31. The summed E-state index contributed by atoms with van der Waals surface area (Å²) in [5.41, 5.74) is 1.88. The van der Waals surface area contributed by atoms with Crippen LogP contribution in [0.15, 0.2) is 30.5 Å². The summed E-state index contributed by atoms with van der Waals surface area (Å²) in [6.07, 6.45) is 3.79. The average Bonchev–Trinajstić information content (AvgIpc) is 3.09. The van der Waals surface area contributed by atoms with Gasteiger partial charge in [0.1, 0.15) is 0 Å². The Bertz CT molecular complexity index is 629. The molecule has 2 heterocycles. The summed E-state index contributed by atoms with van der Waals surface area (Å²) in [5.74, 6) is 0. The lowest BCUT2D eigenvalue weighted by Crippen LogP contribution is -2.23. The highest BCUT2D eigenvalue weighted by atomic mass is 35.5. The number of nitrogens with zero attached hydrogens (tertiary/aromatic N) is 3. The SMILES string of the molecule is O=[N+]([O-])c1ccc(N2CCCC2c2ccn[nH]2)c(Cl)c1. The fraction of sp³-hybridized carbons (Fsp3) is 0.308. The molecule has 1 aromatic heterocycles. The summed E-state index contributed by atoms with van der Waals surface area (Å²) < 4.78 is 0. The molecule has 0 bridgehead atoms. The zero-order chi connectivity index (χ0) is 14.1. The summed E-state index contributed by atoms with van der Waals surface area (Å²) in [7, 11) is 0. The van der Waals surface area contributed by atoms with E-state index in [-0.39, 0.29) is 11.7 Å². The van der Waals surface area contributed by atoms with E-state index < -0.39 is 4.92 Å². The number of aromatic amines is 1. The molecule has 7 heteroatoms. The van der Waals surface area contributed by atoms with E-state index in [1.54, 1.807) is 12.3 Å². The minimum atomic E-state index is -0.438. The molecule has 1 saturated heterocycles. The molecule has 0 radical (unpaired) electrons. The van der Waals surface area contributed by atoms with Gasteiger partial charge in [-0.05, 0) is 25.0 Å². The van der Waals surface area contributed by atoms with Gasteiger partial charge in [-0.2, -0.15) is 5.10 Å². The number of anilines is 1. The first kappa shape index (κ1) is 12.9. The molecule has 1 unspecified atom stereocenters. The van der Waals surface area contributed by atoms with Crippen LogP contribution in [0, 0.1) is 10.1 Å². The van der Waals surface area contributed by atoms with E-state index in [0.29, 0.717) is 5.02 Å². The van der Waals surface area contributed by atoms with Crippen LogP contribution < -0.4 is 4.90 Å². The van der Waals surface area contributed by atoms with E-state index in [0.717, 1.165) is 30.8 Å². The number of hydrogen-bond acceptors (Lipinski definition) is 4. The van der Waals surface area contributed by atoms with Crippen molar-refractivity contribution in [2.75, 3.05) is 11.4 Å². The Hall–Kier alpha value is -2.08. The van der Waals surface area contributed by atoms with E-state index in [1.807, 2.05) is 6.07 Å². The van der Waals surface area contributed by atoms with Crippen LogP contribution >= 0.6 is 11.6 Å². The second-order valence-corrected chi connectivity index (χ2v) is 5.16. The van der Waals surface area contributed by atoms with Gasteiger partial charge >= 0.3 is 0 Å². The van der Waals surface area contributed by atoms with Gasteiger partial charge in [0.15, 0.2) is 0 Å². The highest BCUT2D eigenvalue weighted by molar-refractivity contribution is 6.33. The van der Waals surface area contributed by atoms with E-state index >= 15 is 0 Å². The van der Waals surface area contributed by atoms with Gasteiger partial charge in [-0.1, -0.05) is 11.6 Å². The molecule has 1 fully saturated rings. The van der Waals surface area contributed by atoms with Crippen LogP contribution in [0.2, 0.25) is 5.02 Å². The molecule has 6 nitrogen and oxygen atoms in total. The van der Waals surface area contributed by atoms with Gasteiger partial charge in [-0.15, -0.1) is 0 Å². The number of aromatic nitrogens is 2.